The molecule has 0 radical (unpaired) electrons. The summed E-state index contributed by atoms with van der Waals surface area (Å²) >= 11 is 0. The second-order valence-electron chi connectivity index (χ2n) is 7.71. The summed E-state index contributed by atoms with van der Waals surface area (Å²) in [5, 5.41) is 38.9. The maximum atomic E-state index is 11.4. The lowest BCUT2D eigenvalue weighted by Crippen LogP contribution is -2.20. The maximum Gasteiger partial charge on any atom is 0.339 e. The van der Waals surface area contributed by atoms with Crippen LogP contribution in [0.1, 0.15) is 86.2 Å². The van der Waals surface area contributed by atoms with Gasteiger partial charge in [0, 0.05) is 12.2 Å². The van der Waals surface area contributed by atoms with Crippen LogP contribution in [0.4, 0.5) is 0 Å². The Morgan fingerprint density at radius 3 is 2.48 bits per heavy atom. The molecule has 1 aromatic rings. The molecule has 1 aromatic carbocycles. The molecule has 1 aliphatic rings. The Morgan fingerprint density at radius 2 is 1.88 bits per heavy atom. The van der Waals surface area contributed by atoms with E-state index in [-0.39, 0.29) is 29.8 Å². The van der Waals surface area contributed by atoms with Gasteiger partial charge in [0.2, 0.25) is 0 Å². The summed E-state index contributed by atoms with van der Waals surface area (Å²) in [6.45, 7) is 6.40. The Bertz CT molecular complexity index is 625. The van der Waals surface area contributed by atoms with Crippen LogP contribution in [0.15, 0.2) is 6.07 Å². The minimum atomic E-state index is -1.22. The van der Waals surface area contributed by atoms with Gasteiger partial charge in [-0.15, -0.1) is 0 Å². The van der Waals surface area contributed by atoms with E-state index in [0.717, 1.165) is 37.7 Å². The van der Waals surface area contributed by atoms with E-state index in [1.54, 1.807) is 6.07 Å². The second-order valence-corrected chi connectivity index (χ2v) is 7.71. The number of aliphatic hydroxyl groups excluding tert-OH is 1. The summed E-state index contributed by atoms with van der Waals surface area (Å²) in [6.07, 6.45) is 4.84. The fourth-order valence-corrected chi connectivity index (χ4v) is 4.08. The normalized spacial score (nSPS) is 22.2. The number of hydrogen-bond donors (Lipinski definition) is 4. The SMILES string of the molecule is C[C@@H](CO)CCC[C@H](C)[C@@H]1CC[C@@H](C)c2c1cc(C(=O)O)c(O)c2O. The molecule has 1 aliphatic carbocycles. The second kappa shape index (κ2) is 8.09. The average Bonchev–Trinajstić information content (AvgIpc) is 2.57. The van der Waals surface area contributed by atoms with E-state index in [4.69, 9.17) is 5.11 Å². The first-order chi connectivity index (χ1) is 11.8. The molecule has 0 saturated carbocycles. The number of benzene rings is 1. The summed E-state index contributed by atoms with van der Waals surface area (Å²) in [6, 6.07) is 1.56. The molecule has 0 spiro atoms. The van der Waals surface area contributed by atoms with Gasteiger partial charge in [-0.1, -0.05) is 33.6 Å². The molecular weight excluding hydrogens is 320 g/mol. The van der Waals surface area contributed by atoms with Crippen molar-refractivity contribution in [2.75, 3.05) is 6.61 Å². The lowest BCUT2D eigenvalue weighted by Gasteiger charge is -2.34. The van der Waals surface area contributed by atoms with E-state index in [2.05, 4.69) is 6.92 Å². The highest BCUT2D eigenvalue weighted by molar-refractivity contribution is 5.92. The molecule has 0 heterocycles. The van der Waals surface area contributed by atoms with Gasteiger partial charge in [0.25, 0.3) is 0 Å². The minimum Gasteiger partial charge on any atom is -0.504 e. The molecule has 0 saturated heterocycles. The fraction of sp³-hybridized carbons (Fsp3) is 0.650. The summed E-state index contributed by atoms with van der Waals surface area (Å²) in [7, 11) is 0. The van der Waals surface area contributed by atoms with Crippen LogP contribution < -0.4 is 0 Å². The van der Waals surface area contributed by atoms with E-state index < -0.39 is 11.7 Å². The summed E-state index contributed by atoms with van der Waals surface area (Å²) in [4.78, 5) is 11.4. The topological polar surface area (TPSA) is 98.0 Å². The van der Waals surface area contributed by atoms with E-state index >= 15 is 0 Å². The molecule has 5 heteroatoms. The van der Waals surface area contributed by atoms with E-state index in [0.29, 0.717) is 17.4 Å². The molecular formula is C20H30O5. The number of aromatic hydroxyl groups is 2. The Hall–Kier alpha value is -1.75. The van der Waals surface area contributed by atoms with Crippen molar-refractivity contribution in [3.63, 3.8) is 0 Å². The number of aliphatic hydroxyl groups is 1. The molecule has 4 N–H and O–H groups in total. The minimum absolute atomic E-state index is 0.0987. The number of carboxylic acids is 1. The number of aromatic carboxylic acids is 1. The molecule has 140 valence electrons. The highest BCUT2D eigenvalue weighted by Gasteiger charge is 2.33. The van der Waals surface area contributed by atoms with Crippen molar-refractivity contribution < 1.29 is 25.2 Å². The third-order valence-corrected chi connectivity index (χ3v) is 5.73. The van der Waals surface area contributed by atoms with Gasteiger partial charge < -0.3 is 20.4 Å². The largest absolute Gasteiger partial charge is 0.504 e. The third-order valence-electron chi connectivity index (χ3n) is 5.73. The van der Waals surface area contributed by atoms with Gasteiger partial charge in [0.05, 0.1) is 0 Å². The lowest BCUT2D eigenvalue weighted by atomic mass is 9.70. The number of fused-ring (bicyclic) bond motifs is 1. The quantitative estimate of drug-likeness (QED) is 0.552. The molecule has 0 fully saturated rings. The van der Waals surface area contributed by atoms with Crippen LogP contribution in [-0.2, 0) is 0 Å². The monoisotopic (exact) mass is 350 g/mol. The molecule has 0 unspecified atom stereocenters. The van der Waals surface area contributed by atoms with Crippen molar-refractivity contribution in [2.24, 2.45) is 11.8 Å². The molecule has 2 rings (SSSR count). The summed E-state index contributed by atoms with van der Waals surface area (Å²) in [5.41, 5.74) is 1.35. The van der Waals surface area contributed by atoms with Crippen LogP contribution in [-0.4, -0.2) is 33.0 Å². The Morgan fingerprint density at radius 1 is 1.20 bits per heavy atom. The zero-order chi connectivity index (χ0) is 18.7. The molecule has 25 heavy (non-hydrogen) atoms. The predicted octanol–water partition coefficient (Wildman–Crippen LogP) is 4.21. The number of carboxylic acid groups (broad SMARTS) is 1. The van der Waals surface area contributed by atoms with E-state index in [9.17, 15) is 20.1 Å². The van der Waals surface area contributed by atoms with Crippen LogP contribution in [0.2, 0.25) is 0 Å². The first kappa shape index (κ1) is 19.6. The first-order valence-electron chi connectivity index (χ1n) is 9.20. The van der Waals surface area contributed by atoms with Crippen molar-refractivity contribution in [1.82, 2.24) is 0 Å². The first-order valence-corrected chi connectivity index (χ1v) is 9.20. The van der Waals surface area contributed by atoms with Crippen LogP contribution >= 0.6 is 0 Å². The van der Waals surface area contributed by atoms with Gasteiger partial charge in [-0.25, -0.2) is 4.79 Å². The average molecular weight is 350 g/mol. The maximum absolute atomic E-state index is 11.4. The van der Waals surface area contributed by atoms with Crippen LogP contribution in [0.25, 0.3) is 0 Å². The van der Waals surface area contributed by atoms with Crippen molar-refractivity contribution in [1.29, 1.82) is 0 Å². The highest BCUT2D eigenvalue weighted by Crippen LogP contribution is 2.50. The Kier molecular flexibility index (Phi) is 6.33. The molecule has 0 amide bonds. The fourth-order valence-electron chi connectivity index (χ4n) is 4.08. The molecule has 0 bridgehead atoms. The third kappa shape index (κ3) is 4.09. The summed E-state index contributed by atoms with van der Waals surface area (Å²) < 4.78 is 0. The van der Waals surface area contributed by atoms with Gasteiger partial charge in [-0.3, -0.25) is 0 Å². The van der Waals surface area contributed by atoms with Gasteiger partial charge in [0.1, 0.15) is 5.56 Å². The van der Waals surface area contributed by atoms with Crippen molar-refractivity contribution >= 4 is 5.97 Å². The summed E-state index contributed by atoms with van der Waals surface area (Å²) in [5.74, 6) is -1.09. The predicted molar refractivity (Wildman–Crippen MR) is 96.4 cm³/mol. The molecule has 4 atom stereocenters. The van der Waals surface area contributed by atoms with Crippen molar-refractivity contribution in [3.8, 4) is 11.5 Å². The van der Waals surface area contributed by atoms with Crippen molar-refractivity contribution in [2.45, 2.75) is 64.7 Å². The molecule has 0 aliphatic heterocycles. The van der Waals surface area contributed by atoms with Crippen molar-refractivity contribution in [3.05, 3.63) is 22.8 Å². The Balaban J connectivity index is 2.29. The zero-order valence-corrected chi connectivity index (χ0v) is 15.3. The van der Waals surface area contributed by atoms with Gasteiger partial charge in [-0.05, 0) is 54.6 Å². The standard InChI is InChI=1S/C20H30O5/c1-11(10-21)5-4-6-12(2)14-8-7-13(3)17-15(14)9-16(20(24)25)18(22)19(17)23/h9,11-14,21-23H,4-8,10H2,1-3H3,(H,24,25)/t11-,12+,13-,14+/m1/s1. The highest BCUT2D eigenvalue weighted by atomic mass is 16.4. The van der Waals surface area contributed by atoms with Crippen LogP contribution in [0.3, 0.4) is 0 Å². The van der Waals surface area contributed by atoms with E-state index in [1.165, 1.54) is 0 Å². The van der Waals surface area contributed by atoms with Gasteiger partial charge >= 0.3 is 5.97 Å². The number of rotatable bonds is 7. The van der Waals surface area contributed by atoms with Gasteiger partial charge in [-0.2, -0.15) is 0 Å². The van der Waals surface area contributed by atoms with Crippen LogP contribution in [0, 0.1) is 11.8 Å². The number of phenolic OH excluding ortho intramolecular Hbond substituents is 1. The molecule has 0 aromatic heterocycles. The molecule has 5 nitrogen and oxygen atoms in total. The van der Waals surface area contributed by atoms with Crippen LogP contribution in [0.5, 0.6) is 11.5 Å². The Labute approximate surface area is 149 Å². The lowest BCUT2D eigenvalue weighted by molar-refractivity contribution is 0.0692. The number of hydrogen-bond acceptors (Lipinski definition) is 4. The number of phenols is 2. The zero-order valence-electron chi connectivity index (χ0n) is 15.3. The smallest absolute Gasteiger partial charge is 0.339 e. The van der Waals surface area contributed by atoms with E-state index in [1.807, 2.05) is 13.8 Å². The number of carbonyl (C=O) groups is 1. The van der Waals surface area contributed by atoms with Gasteiger partial charge in [0.15, 0.2) is 11.5 Å².